The van der Waals surface area contributed by atoms with Gasteiger partial charge in [0.05, 0.1) is 5.57 Å². The van der Waals surface area contributed by atoms with Gasteiger partial charge in [-0.25, -0.2) is 4.79 Å². The van der Waals surface area contributed by atoms with Crippen LogP contribution in [0.4, 0.5) is 5.88 Å². The zero-order valence-corrected chi connectivity index (χ0v) is 19.1. The van der Waals surface area contributed by atoms with Crippen LogP contribution in [0, 0.1) is 0 Å². The monoisotopic (exact) mass is 429 g/mol. The highest BCUT2D eigenvalue weighted by Crippen LogP contribution is 2.26. The van der Waals surface area contributed by atoms with Crippen molar-refractivity contribution < 1.29 is 14.3 Å². The Balaban J connectivity index is 3.01. The zero-order valence-electron chi connectivity index (χ0n) is 19.1. The van der Waals surface area contributed by atoms with Crippen LogP contribution in [0.1, 0.15) is 58.1 Å². The molecule has 6 nitrogen and oxygen atoms in total. The van der Waals surface area contributed by atoms with Gasteiger partial charge < -0.3 is 25.9 Å². The van der Waals surface area contributed by atoms with Gasteiger partial charge in [0.1, 0.15) is 5.76 Å². The molecule has 6 heteroatoms. The average molecular weight is 430 g/mol. The summed E-state index contributed by atoms with van der Waals surface area (Å²) in [7, 11) is 0. The fourth-order valence-electron chi connectivity index (χ4n) is 3.20. The van der Waals surface area contributed by atoms with Gasteiger partial charge in [0.15, 0.2) is 5.88 Å². The minimum atomic E-state index is -1.09. The van der Waals surface area contributed by atoms with Crippen molar-refractivity contribution in [1.82, 2.24) is 0 Å². The summed E-state index contributed by atoms with van der Waals surface area (Å²) in [6, 6.07) is 2.60. The van der Waals surface area contributed by atoms with Gasteiger partial charge in [-0.15, -0.1) is 0 Å². The average Bonchev–Trinajstić information content (AvgIpc) is 3.24. The van der Waals surface area contributed by atoms with Crippen molar-refractivity contribution >= 4 is 17.4 Å². The summed E-state index contributed by atoms with van der Waals surface area (Å²) in [4.78, 5) is 13.5. The van der Waals surface area contributed by atoms with Crippen LogP contribution in [-0.4, -0.2) is 36.2 Å². The Morgan fingerprint density at radius 2 is 1.61 bits per heavy atom. The van der Waals surface area contributed by atoms with Gasteiger partial charge in [-0.1, -0.05) is 77.0 Å². The first kappa shape index (κ1) is 26.5. The van der Waals surface area contributed by atoms with Gasteiger partial charge in [-0.05, 0) is 18.9 Å². The van der Waals surface area contributed by atoms with E-state index in [1.54, 1.807) is 12.2 Å². The third-order valence-electron chi connectivity index (χ3n) is 5.13. The van der Waals surface area contributed by atoms with Crippen molar-refractivity contribution in [2.45, 2.75) is 64.5 Å². The highest BCUT2D eigenvalue weighted by atomic mass is 16.4. The molecule has 0 aliphatic carbocycles. The fourth-order valence-corrected chi connectivity index (χ4v) is 3.20. The van der Waals surface area contributed by atoms with Crippen LogP contribution < -0.4 is 16.4 Å². The molecule has 0 spiro atoms. The lowest BCUT2D eigenvalue weighted by atomic mass is 10.0. The molecule has 31 heavy (non-hydrogen) atoms. The van der Waals surface area contributed by atoms with E-state index in [1.807, 2.05) is 12.1 Å². The third kappa shape index (κ3) is 8.99. The third-order valence-corrected chi connectivity index (χ3v) is 5.13. The quantitative estimate of drug-likeness (QED) is 0.196. The molecule has 1 heterocycles. The number of hydrogen-bond acceptors (Lipinski definition) is 5. The molecule has 0 fully saturated rings. The molecule has 0 saturated carbocycles. The van der Waals surface area contributed by atoms with Crippen molar-refractivity contribution in [1.29, 1.82) is 0 Å². The van der Waals surface area contributed by atoms with Crippen molar-refractivity contribution in [2.75, 3.05) is 18.0 Å². The number of carbonyl (C=O) groups is 1. The summed E-state index contributed by atoms with van der Waals surface area (Å²) in [5.41, 5.74) is 13.0. The van der Waals surface area contributed by atoms with Crippen LogP contribution in [0.15, 0.2) is 59.6 Å². The molecule has 0 aliphatic heterocycles. The number of carboxylic acids is 1. The van der Waals surface area contributed by atoms with E-state index in [9.17, 15) is 4.79 Å². The number of carboxylic acid groups (broad SMARTS) is 1. The minimum absolute atomic E-state index is 0.0200. The summed E-state index contributed by atoms with van der Waals surface area (Å²) < 4.78 is 6.15. The first-order valence-electron chi connectivity index (χ1n) is 11.2. The van der Waals surface area contributed by atoms with Crippen LogP contribution in [0.25, 0.3) is 5.57 Å². The molecule has 2 unspecified atom stereocenters. The molecule has 0 aromatic carbocycles. The van der Waals surface area contributed by atoms with Gasteiger partial charge >= 0.3 is 5.97 Å². The van der Waals surface area contributed by atoms with Crippen LogP contribution in [-0.2, 0) is 4.79 Å². The molecule has 172 valence electrons. The Morgan fingerprint density at radius 3 is 2.10 bits per heavy atom. The van der Waals surface area contributed by atoms with Gasteiger partial charge in [-0.3, -0.25) is 0 Å². The Morgan fingerprint density at radius 1 is 1.03 bits per heavy atom. The standard InChI is InChI=1S/C25H39N3O3/c1-5-9-11-15-28(16-12-10-6-2)24-14-13-23(31-24)19(7-3)17-21(26)22(27)18-20(8-4)25(29)30/h7-8,13-14,17-18,21-22H,3-6,9-12,15-16,26-27H2,1-2H3,(H,29,30)/b19-17+,20-18+. The first-order chi connectivity index (χ1) is 14.9. The number of nitrogens with two attached hydrogens (primary N) is 2. The summed E-state index contributed by atoms with van der Waals surface area (Å²) in [6.07, 6.45) is 13.1. The largest absolute Gasteiger partial charge is 0.478 e. The van der Waals surface area contributed by atoms with Crippen LogP contribution in [0.5, 0.6) is 0 Å². The second-order valence-corrected chi connectivity index (χ2v) is 7.65. The normalized spacial score (nSPS) is 14.2. The zero-order chi connectivity index (χ0) is 23.2. The Labute approximate surface area is 187 Å². The minimum Gasteiger partial charge on any atom is -0.478 e. The second kappa shape index (κ2) is 14.4. The number of hydrogen-bond donors (Lipinski definition) is 3. The van der Waals surface area contributed by atoms with E-state index in [0.717, 1.165) is 37.4 Å². The van der Waals surface area contributed by atoms with Crippen molar-refractivity contribution in [3.05, 3.63) is 60.9 Å². The summed E-state index contributed by atoms with van der Waals surface area (Å²) in [5.74, 6) is 0.412. The molecule has 0 aliphatic rings. The highest BCUT2D eigenvalue weighted by Gasteiger charge is 2.16. The molecule has 1 aromatic heterocycles. The van der Waals surface area contributed by atoms with Gasteiger partial charge in [-0.2, -0.15) is 0 Å². The van der Waals surface area contributed by atoms with E-state index in [2.05, 4.69) is 31.9 Å². The first-order valence-corrected chi connectivity index (χ1v) is 11.2. The lowest BCUT2D eigenvalue weighted by Crippen LogP contribution is -2.39. The topological polar surface area (TPSA) is 106 Å². The molecule has 2 atom stereocenters. The molecule has 0 bridgehead atoms. The maximum Gasteiger partial charge on any atom is 0.335 e. The number of rotatable bonds is 16. The number of anilines is 1. The van der Waals surface area contributed by atoms with Crippen LogP contribution in [0.2, 0.25) is 0 Å². The smallest absolute Gasteiger partial charge is 0.335 e. The maximum atomic E-state index is 11.2. The molecule has 0 amide bonds. The van der Waals surface area contributed by atoms with Crippen LogP contribution >= 0.6 is 0 Å². The maximum absolute atomic E-state index is 11.2. The van der Waals surface area contributed by atoms with E-state index in [1.165, 1.54) is 37.8 Å². The van der Waals surface area contributed by atoms with E-state index < -0.39 is 18.1 Å². The molecule has 0 radical (unpaired) electrons. The fraction of sp³-hybridized carbons (Fsp3) is 0.480. The summed E-state index contributed by atoms with van der Waals surface area (Å²) in [6.45, 7) is 13.7. The van der Waals surface area contributed by atoms with E-state index in [0.29, 0.717) is 5.76 Å². The molecular weight excluding hydrogens is 390 g/mol. The van der Waals surface area contributed by atoms with Gasteiger partial charge in [0.2, 0.25) is 0 Å². The Hall–Kier alpha value is -2.57. The Bertz CT molecular complexity index is 754. The lowest BCUT2D eigenvalue weighted by molar-refractivity contribution is -0.132. The number of aliphatic carboxylic acids is 1. The van der Waals surface area contributed by atoms with Crippen molar-refractivity contribution in [2.24, 2.45) is 11.5 Å². The van der Waals surface area contributed by atoms with E-state index in [-0.39, 0.29) is 5.57 Å². The van der Waals surface area contributed by atoms with E-state index in [4.69, 9.17) is 21.0 Å². The second-order valence-electron chi connectivity index (χ2n) is 7.65. The summed E-state index contributed by atoms with van der Waals surface area (Å²) in [5, 5.41) is 9.13. The van der Waals surface area contributed by atoms with E-state index >= 15 is 0 Å². The number of furan rings is 1. The number of nitrogens with zero attached hydrogens (tertiary/aromatic N) is 1. The van der Waals surface area contributed by atoms with Gasteiger partial charge in [0.25, 0.3) is 0 Å². The van der Waals surface area contributed by atoms with Crippen molar-refractivity contribution in [3.8, 4) is 0 Å². The SMILES string of the molecule is C=C/C(=C\C(N)C(N)/C=C(\C=C)c1ccc(N(CCCCC)CCCCC)o1)C(=O)O. The molecular formula is C25H39N3O3. The lowest BCUT2D eigenvalue weighted by Gasteiger charge is -2.22. The predicted octanol–water partition coefficient (Wildman–Crippen LogP) is 4.89. The predicted molar refractivity (Wildman–Crippen MR) is 130 cm³/mol. The molecule has 0 saturated heterocycles. The summed E-state index contributed by atoms with van der Waals surface area (Å²) >= 11 is 0. The van der Waals surface area contributed by atoms with Crippen molar-refractivity contribution in [3.63, 3.8) is 0 Å². The Kier molecular flexibility index (Phi) is 12.3. The molecule has 1 rings (SSSR count). The van der Waals surface area contributed by atoms with Gasteiger partial charge in [0, 0.05) is 36.8 Å². The number of unbranched alkanes of at least 4 members (excludes halogenated alkanes) is 4. The van der Waals surface area contributed by atoms with Crippen LogP contribution in [0.3, 0.4) is 0 Å². The molecule has 5 N–H and O–H groups in total. The molecule has 1 aromatic rings. The highest BCUT2D eigenvalue weighted by molar-refractivity contribution is 5.89. The number of allylic oxidation sites excluding steroid dienone is 2.